The van der Waals surface area contributed by atoms with Gasteiger partial charge in [-0.15, -0.1) is 0 Å². The van der Waals surface area contributed by atoms with Gasteiger partial charge >= 0.3 is 0 Å². The van der Waals surface area contributed by atoms with E-state index in [0.717, 1.165) is 51.9 Å². The first kappa shape index (κ1) is 16.5. The second-order valence-electron chi connectivity index (χ2n) is 5.78. The zero-order chi connectivity index (χ0) is 13.9. The maximum absolute atomic E-state index is 12.6. The Balaban J connectivity index is 2.41. The maximum atomic E-state index is 12.6. The van der Waals surface area contributed by atoms with Crippen LogP contribution in [0.1, 0.15) is 65.2 Å². The zero-order valence-electron chi connectivity index (χ0n) is 12.9. The van der Waals surface area contributed by atoms with Gasteiger partial charge in [0, 0.05) is 19.6 Å². The number of nitrogens with one attached hydrogen (secondary N) is 1. The number of nitrogens with zero attached hydrogens (tertiary/aromatic N) is 1. The molecule has 3 heteroatoms. The summed E-state index contributed by atoms with van der Waals surface area (Å²) in [6, 6.07) is 0. The van der Waals surface area contributed by atoms with Crippen molar-refractivity contribution in [3.8, 4) is 0 Å². The molecule has 0 bridgehead atoms. The Labute approximate surface area is 119 Å². The average Bonchev–Trinajstić information content (AvgIpc) is 2.46. The zero-order valence-corrected chi connectivity index (χ0v) is 12.9. The topological polar surface area (TPSA) is 32.3 Å². The number of piperidine rings is 1. The third kappa shape index (κ3) is 6.42. The second-order valence-corrected chi connectivity index (χ2v) is 5.78. The van der Waals surface area contributed by atoms with Crippen LogP contribution in [0.3, 0.4) is 0 Å². The predicted molar refractivity (Wildman–Crippen MR) is 81.2 cm³/mol. The molecule has 1 saturated heterocycles. The molecule has 1 amide bonds. The van der Waals surface area contributed by atoms with Crippen molar-refractivity contribution in [1.82, 2.24) is 10.2 Å². The minimum absolute atomic E-state index is 0.233. The van der Waals surface area contributed by atoms with Crippen molar-refractivity contribution in [2.24, 2.45) is 5.92 Å². The van der Waals surface area contributed by atoms with Crippen molar-refractivity contribution in [2.45, 2.75) is 65.2 Å². The van der Waals surface area contributed by atoms with E-state index in [9.17, 15) is 4.79 Å². The van der Waals surface area contributed by atoms with Gasteiger partial charge in [0.15, 0.2) is 0 Å². The number of carbonyl (C=O) groups excluding carboxylic acids is 1. The molecule has 1 heterocycles. The number of unbranched alkanes of at least 4 members (excludes halogenated alkanes) is 4. The summed E-state index contributed by atoms with van der Waals surface area (Å²) in [5.41, 5.74) is 0. The minimum atomic E-state index is 0.233. The second kappa shape index (κ2) is 10.2. The number of hydrogen-bond donors (Lipinski definition) is 1. The van der Waals surface area contributed by atoms with Crippen LogP contribution in [0, 0.1) is 5.92 Å². The molecule has 0 radical (unpaired) electrons. The molecule has 0 saturated carbocycles. The predicted octanol–water partition coefficient (Wildman–Crippen LogP) is 3.20. The first-order valence-corrected chi connectivity index (χ1v) is 8.29. The van der Waals surface area contributed by atoms with E-state index in [4.69, 9.17) is 0 Å². The normalized spacial score (nSPS) is 19.4. The molecular weight excluding hydrogens is 236 g/mol. The van der Waals surface area contributed by atoms with Crippen LogP contribution < -0.4 is 5.32 Å². The first-order chi connectivity index (χ1) is 9.29. The Morgan fingerprint density at radius 2 is 1.74 bits per heavy atom. The number of hydrogen-bond acceptors (Lipinski definition) is 2. The highest BCUT2D eigenvalue weighted by molar-refractivity contribution is 5.79. The van der Waals surface area contributed by atoms with Crippen molar-refractivity contribution < 1.29 is 4.79 Å². The fourth-order valence-corrected chi connectivity index (χ4v) is 2.76. The largest absolute Gasteiger partial charge is 0.342 e. The third-order valence-corrected chi connectivity index (χ3v) is 4.02. The summed E-state index contributed by atoms with van der Waals surface area (Å²) >= 11 is 0. The number of carbonyl (C=O) groups is 1. The van der Waals surface area contributed by atoms with Crippen molar-refractivity contribution in [3.63, 3.8) is 0 Å². The van der Waals surface area contributed by atoms with Crippen molar-refractivity contribution in [1.29, 1.82) is 0 Å². The van der Waals surface area contributed by atoms with E-state index in [1.54, 1.807) is 0 Å². The molecule has 112 valence electrons. The van der Waals surface area contributed by atoms with Gasteiger partial charge in [0.2, 0.25) is 5.91 Å². The van der Waals surface area contributed by atoms with Gasteiger partial charge in [-0.25, -0.2) is 0 Å². The standard InChI is InChI=1S/C16H32N2O/c1-3-5-7-12-18(13-8-6-4-2)16(19)15-10-9-11-17-14-15/h15,17H,3-14H2,1-2H3/t15-/m1/s1. The van der Waals surface area contributed by atoms with E-state index in [0.29, 0.717) is 5.91 Å². The fraction of sp³-hybridized carbons (Fsp3) is 0.938. The Hall–Kier alpha value is -0.570. The van der Waals surface area contributed by atoms with E-state index in [1.807, 2.05) is 0 Å². The SMILES string of the molecule is CCCCCN(CCCCC)C(=O)[C@@H]1CCCNC1. The van der Waals surface area contributed by atoms with Gasteiger partial charge in [0.25, 0.3) is 0 Å². The van der Waals surface area contributed by atoms with Crippen LogP contribution in [0.2, 0.25) is 0 Å². The molecule has 0 aliphatic carbocycles. The van der Waals surface area contributed by atoms with Crippen molar-refractivity contribution in [3.05, 3.63) is 0 Å². The summed E-state index contributed by atoms with van der Waals surface area (Å²) in [4.78, 5) is 14.7. The van der Waals surface area contributed by atoms with Crippen LogP contribution in [0.4, 0.5) is 0 Å². The van der Waals surface area contributed by atoms with E-state index < -0.39 is 0 Å². The summed E-state index contributed by atoms with van der Waals surface area (Å²) < 4.78 is 0. The van der Waals surface area contributed by atoms with Gasteiger partial charge in [-0.1, -0.05) is 39.5 Å². The monoisotopic (exact) mass is 268 g/mol. The van der Waals surface area contributed by atoms with Gasteiger partial charge in [0.05, 0.1) is 5.92 Å². The molecule has 1 N–H and O–H groups in total. The number of amides is 1. The van der Waals surface area contributed by atoms with Crippen LogP contribution in [-0.4, -0.2) is 37.0 Å². The van der Waals surface area contributed by atoms with Crippen LogP contribution in [-0.2, 0) is 4.79 Å². The van der Waals surface area contributed by atoms with Gasteiger partial charge in [-0.3, -0.25) is 4.79 Å². The molecule has 0 aromatic heterocycles. The number of rotatable bonds is 9. The smallest absolute Gasteiger partial charge is 0.226 e. The van der Waals surface area contributed by atoms with Crippen LogP contribution in [0.5, 0.6) is 0 Å². The van der Waals surface area contributed by atoms with Crippen LogP contribution in [0.15, 0.2) is 0 Å². The highest BCUT2D eigenvalue weighted by Crippen LogP contribution is 2.15. The molecule has 1 aliphatic heterocycles. The molecule has 1 rings (SSSR count). The molecule has 0 aromatic carbocycles. The molecule has 1 fully saturated rings. The summed E-state index contributed by atoms with van der Waals surface area (Å²) in [5.74, 6) is 0.636. The Kier molecular flexibility index (Phi) is 8.89. The molecule has 3 nitrogen and oxygen atoms in total. The summed E-state index contributed by atoms with van der Waals surface area (Å²) in [6.07, 6.45) is 9.46. The van der Waals surface area contributed by atoms with E-state index in [2.05, 4.69) is 24.1 Å². The average molecular weight is 268 g/mol. The van der Waals surface area contributed by atoms with Crippen LogP contribution >= 0.6 is 0 Å². The van der Waals surface area contributed by atoms with E-state index in [1.165, 1.54) is 25.7 Å². The molecule has 0 aromatic rings. The summed E-state index contributed by atoms with van der Waals surface area (Å²) in [5, 5.41) is 3.36. The van der Waals surface area contributed by atoms with E-state index in [-0.39, 0.29) is 5.92 Å². The first-order valence-electron chi connectivity index (χ1n) is 8.29. The fourth-order valence-electron chi connectivity index (χ4n) is 2.76. The van der Waals surface area contributed by atoms with E-state index >= 15 is 0 Å². The summed E-state index contributed by atoms with van der Waals surface area (Å²) in [6.45, 7) is 8.33. The molecule has 19 heavy (non-hydrogen) atoms. The lowest BCUT2D eigenvalue weighted by Crippen LogP contribution is -2.43. The quantitative estimate of drug-likeness (QED) is 0.651. The summed E-state index contributed by atoms with van der Waals surface area (Å²) in [7, 11) is 0. The minimum Gasteiger partial charge on any atom is -0.342 e. The van der Waals surface area contributed by atoms with Gasteiger partial charge in [-0.2, -0.15) is 0 Å². The maximum Gasteiger partial charge on any atom is 0.226 e. The molecule has 0 unspecified atom stereocenters. The highest BCUT2D eigenvalue weighted by Gasteiger charge is 2.25. The van der Waals surface area contributed by atoms with Gasteiger partial charge in [0.1, 0.15) is 0 Å². The third-order valence-electron chi connectivity index (χ3n) is 4.02. The molecule has 1 atom stereocenters. The van der Waals surface area contributed by atoms with Gasteiger partial charge < -0.3 is 10.2 Å². The van der Waals surface area contributed by atoms with Crippen LogP contribution in [0.25, 0.3) is 0 Å². The molecule has 0 spiro atoms. The molecular formula is C16H32N2O. The van der Waals surface area contributed by atoms with Crippen molar-refractivity contribution >= 4 is 5.91 Å². The molecule has 1 aliphatic rings. The Morgan fingerprint density at radius 1 is 1.11 bits per heavy atom. The lowest BCUT2D eigenvalue weighted by molar-refractivity contribution is -0.136. The Bertz CT molecular complexity index is 227. The van der Waals surface area contributed by atoms with Crippen molar-refractivity contribution in [2.75, 3.05) is 26.2 Å². The lowest BCUT2D eigenvalue weighted by atomic mass is 9.97. The van der Waals surface area contributed by atoms with Gasteiger partial charge in [-0.05, 0) is 32.2 Å². The lowest BCUT2D eigenvalue weighted by Gasteiger charge is -2.30. The Morgan fingerprint density at radius 3 is 2.21 bits per heavy atom. The highest BCUT2D eigenvalue weighted by atomic mass is 16.2.